The van der Waals surface area contributed by atoms with Crippen LogP contribution in [-0.4, -0.2) is 73.7 Å². The molecule has 1 aliphatic heterocycles. The van der Waals surface area contributed by atoms with E-state index in [0.29, 0.717) is 12.1 Å². The Morgan fingerprint density at radius 2 is 1.52 bits per heavy atom. The number of carbonyl (C=O) groups excluding carboxylic acids is 1. The molecule has 5 rings (SSSR count). The SMILES string of the molecule is COc1ccc(NC(=O)c2cnn3c2CN(CC2CCCCC2)Cc2cccnc2-3)cc1.O=C(O)C(F)(F)F.O=C(O)C(F)(F)F. The molecule has 0 atom stereocenters. The molecule has 17 heteroatoms. The monoisotopic (exact) mass is 659 g/mol. The van der Waals surface area contributed by atoms with E-state index in [9.17, 15) is 31.1 Å². The van der Waals surface area contributed by atoms with Crippen LogP contribution in [0.2, 0.25) is 0 Å². The Balaban J connectivity index is 0.000000345. The lowest BCUT2D eigenvalue weighted by molar-refractivity contribution is -0.193. The van der Waals surface area contributed by atoms with Gasteiger partial charge in [0, 0.05) is 37.1 Å². The maximum Gasteiger partial charge on any atom is 0.490 e. The van der Waals surface area contributed by atoms with Gasteiger partial charge in [-0.05, 0) is 49.1 Å². The smallest absolute Gasteiger partial charge is 0.490 e. The Hall–Kier alpha value is -4.67. The number of nitrogens with zero attached hydrogens (tertiary/aromatic N) is 4. The molecule has 11 nitrogen and oxygen atoms in total. The van der Waals surface area contributed by atoms with Gasteiger partial charge in [-0.2, -0.15) is 31.4 Å². The van der Waals surface area contributed by atoms with Gasteiger partial charge in [0.2, 0.25) is 0 Å². The van der Waals surface area contributed by atoms with Crippen LogP contribution in [0, 0.1) is 5.92 Å². The Kier molecular flexibility index (Phi) is 12.1. The zero-order chi connectivity index (χ0) is 34.1. The summed E-state index contributed by atoms with van der Waals surface area (Å²) < 4.78 is 70.5. The van der Waals surface area contributed by atoms with Gasteiger partial charge in [0.25, 0.3) is 5.91 Å². The largest absolute Gasteiger partial charge is 0.497 e. The van der Waals surface area contributed by atoms with Crippen LogP contribution in [0.25, 0.3) is 5.82 Å². The number of fused-ring (bicyclic) bond motifs is 3. The molecule has 46 heavy (non-hydrogen) atoms. The molecule has 250 valence electrons. The van der Waals surface area contributed by atoms with Crippen molar-refractivity contribution in [2.75, 3.05) is 19.0 Å². The Labute approximate surface area is 258 Å². The molecule has 1 aromatic carbocycles. The standard InChI is InChI=1S/C25H29N5O2.2C2HF3O2/c1-32-21-11-9-20(10-12-21)28-25(31)22-14-27-30-23(22)17-29(15-18-6-3-2-4-7-18)16-19-8-5-13-26-24(19)30;2*3-2(4,5)1(6)7/h5,8-14,18H,2-4,6-7,15-17H2,1H3,(H,28,31);2*(H,6,7). The molecule has 0 bridgehead atoms. The van der Waals surface area contributed by atoms with E-state index in [0.717, 1.165) is 47.5 Å². The van der Waals surface area contributed by atoms with Gasteiger partial charge in [-0.3, -0.25) is 9.69 Å². The van der Waals surface area contributed by atoms with E-state index in [-0.39, 0.29) is 5.91 Å². The molecule has 2 aliphatic rings. The second-order valence-corrected chi connectivity index (χ2v) is 10.4. The maximum atomic E-state index is 13.2. The van der Waals surface area contributed by atoms with E-state index in [1.165, 1.54) is 32.1 Å². The van der Waals surface area contributed by atoms with Crippen molar-refractivity contribution in [3.63, 3.8) is 0 Å². The molecular weight excluding hydrogens is 628 g/mol. The number of rotatable bonds is 5. The van der Waals surface area contributed by atoms with Crippen LogP contribution in [0.5, 0.6) is 5.75 Å². The molecule has 0 saturated heterocycles. The van der Waals surface area contributed by atoms with Crippen LogP contribution in [0.1, 0.15) is 53.7 Å². The van der Waals surface area contributed by atoms with Crippen molar-refractivity contribution in [1.29, 1.82) is 0 Å². The van der Waals surface area contributed by atoms with E-state index in [2.05, 4.69) is 26.4 Å². The van der Waals surface area contributed by atoms with E-state index < -0.39 is 24.3 Å². The third-order valence-electron chi connectivity index (χ3n) is 7.02. The average Bonchev–Trinajstić information content (AvgIpc) is 3.34. The molecule has 2 aromatic heterocycles. The summed E-state index contributed by atoms with van der Waals surface area (Å²) in [6.07, 6.45) is -0.129. The topological polar surface area (TPSA) is 147 Å². The third-order valence-corrected chi connectivity index (χ3v) is 7.02. The second-order valence-electron chi connectivity index (χ2n) is 10.4. The highest BCUT2D eigenvalue weighted by molar-refractivity contribution is 6.05. The van der Waals surface area contributed by atoms with Crippen LogP contribution < -0.4 is 10.1 Å². The summed E-state index contributed by atoms with van der Waals surface area (Å²) in [4.78, 5) is 38.0. The zero-order valence-corrected chi connectivity index (χ0v) is 24.4. The first-order chi connectivity index (χ1) is 21.6. The number of carboxylic acid groups (broad SMARTS) is 2. The van der Waals surface area contributed by atoms with Gasteiger partial charge in [0.15, 0.2) is 5.82 Å². The molecule has 3 aromatic rings. The number of benzene rings is 1. The number of methoxy groups -OCH3 is 1. The summed E-state index contributed by atoms with van der Waals surface area (Å²) in [7, 11) is 1.63. The molecule has 0 unspecified atom stereocenters. The lowest BCUT2D eigenvalue weighted by Crippen LogP contribution is -2.30. The van der Waals surface area contributed by atoms with Gasteiger partial charge in [0.1, 0.15) is 5.75 Å². The molecule has 0 spiro atoms. The van der Waals surface area contributed by atoms with Gasteiger partial charge in [-0.15, -0.1) is 0 Å². The number of hydrogen-bond acceptors (Lipinski definition) is 7. The molecule has 1 fully saturated rings. The van der Waals surface area contributed by atoms with Gasteiger partial charge >= 0.3 is 24.3 Å². The number of hydrogen-bond donors (Lipinski definition) is 3. The molecule has 0 radical (unpaired) electrons. The lowest BCUT2D eigenvalue weighted by Gasteiger charge is -2.28. The first-order valence-electron chi connectivity index (χ1n) is 13.9. The van der Waals surface area contributed by atoms with Crippen LogP contribution in [0.4, 0.5) is 32.0 Å². The van der Waals surface area contributed by atoms with Crippen LogP contribution in [0.3, 0.4) is 0 Å². The number of ether oxygens (including phenoxy) is 1. The second kappa shape index (κ2) is 15.6. The van der Waals surface area contributed by atoms with Crippen LogP contribution in [-0.2, 0) is 22.7 Å². The van der Waals surface area contributed by atoms with Crippen molar-refractivity contribution in [3.05, 3.63) is 65.6 Å². The number of pyridine rings is 1. The van der Waals surface area contributed by atoms with Crippen molar-refractivity contribution in [3.8, 4) is 11.6 Å². The first kappa shape index (κ1) is 35.8. The number of aliphatic carboxylic acids is 2. The van der Waals surface area contributed by atoms with Crippen LogP contribution >= 0.6 is 0 Å². The van der Waals surface area contributed by atoms with E-state index in [4.69, 9.17) is 24.5 Å². The number of nitrogens with one attached hydrogen (secondary N) is 1. The zero-order valence-electron chi connectivity index (χ0n) is 24.4. The van der Waals surface area contributed by atoms with Crippen molar-refractivity contribution in [2.45, 2.75) is 57.5 Å². The maximum absolute atomic E-state index is 13.2. The minimum atomic E-state index is -5.08. The fourth-order valence-electron chi connectivity index (χ4n) is 4.89. The van der Waals surface area contributed by atoms with E-state index in [1.54, 1.807) is 19.5 Å². The molecular formula is C29H31F6N5O6. The fourth-order valence-corrected chi connectivity index (χ4v) is 4.89. The minimum absolute atomic E-state index is 0.159. The Bertz CT molecular complexity index is 1460. The number of alkyl halides is 6. The number of carbonyl (C=O) groups is 3. The van der Waals surface area contributed by atoms with Gasteiger partial charge in [-0.1, -0.05) is 25.3 Å². The van der Waals surface area contributed by atoms with Crippen molar-refractivity contribution >= 4 is 23.5 Å². The molecule has 1 amide bonds. The van der Waals surface area contributed by atoms with Gasteiger partial charge in [0.05, 0.1) is 24.6 Å². The van der Waals surface area contributed by atoms with Gasteiger partial charge < -0.3 is 20.3 Å². The normalized spacial score (nSPS) is 15.0. The van der Waals surface area contributed by atoms with Crippen LogP contribution in [0.15, 0.2) is 48.8 Å². The highest BCUT2D eigenvalue weighted by Gasteiger charge is 2.39. The summed E-state index contributed by atoms with van der Waals surface area (Å²) in [5, 5.41) is 21.8. The highest BCUT2D eigenvalue weighted by Crippen LogP contribution is 2.29. The average molecular weight is 660 g/mol. The summed E-state index contributed by atoms with van der Waals surface area (Å²) in [5.41, 5.74) is 3.35. The van der Waals surface area contributed by atoms with E-state index in [1.807, 2.05) is 35.0 Å². The number of amides is 1. The first-order valence-corrected chi connectivity index (χ1v) is 13.9. The molecule has 3 N–H and O–H groups in total. The molecule has 1 aliphatic carbocycles. The van der Waals surface area contributed by atoms with E-state index >= 15 is 0 Å². The van der Waals surface area contributed by atoms with Gasteiger partial charge in [-0.25, -0.2) is 19.3 Å². The number of anilines is 1. The Morgan fingerprint density at radius 1 is 0.935 bits per heavy atom. The number of aromatic nitrogens is 3. The summed E-state index contributed by atoms with van der Waals surface area (Å²) >= 11 is 0. The van der Waals surface area contributed by atoms with Crippen molar-refractivity contribution in [1.82, 2.24) is 19.7 Å². The molecule has 3 heterocycles. The number of carboxylic acids is 2. The lowest BCUT2D eigenvalue weighted by atomic mass is 9.89. The van der Waals surface area contributed by atoms with Crippen molar-refractivity contribution < 1.29 is 55.7 Å². The minimum Gasteiger partial charge on any atom is -0.497 e. The van der Waals surface area contributed by atoms with Crippen molar-refractivity contribution in [2.24, 2.45) is 5.92 Å². The fraction of sp³-hybridized carbons (Fsp3) is 0.414. The third kappa shape index (κ3) is 10.2. The number of halogens is 6. The molecule has 1 saturated carbocycles. The summed E-state index contributed by atoms with van der Waals surface area (Å²) in [5.74, 6) is -3.39. The predicted molar refractivity (Wildman–Crippen MR) is 150 cm³/mol. The quantitative estimate of drug-likeness (QED) is 0.294. The Morgan fingerprint density at radius 3 is 2.07 bits per heavy atom. The predicted octanol–water partition coefficient (Wildman–Crippen LogP) is 5.69. The summed E-state index contributed by atoms with van der Waals surface area (Å²) in [6.45, 7) is 2.54. The highest BCUT2D eigenvalue weighted by atomic mass is 19.4. The summed E-state index contributed by atoms with van der Waals surface area (Å²) in [6, 6.07) is 11.4.